The van der Waals surface area contributed by atoms with Crippen LogP contribution in [0.25, 0.3) is 0 Å². The van der Waals surface area contributed by atoms with Gasteiger partial charge in [-0.1, -0.05) is 75.9 Å². The van der Waals surface area contributed by atoms with Gasteiger partial charge in [0, 0.05) is 52.9 Å². The number of ether oxygens (including phenoxy) is 2. The minimum Gasteiger partial charge on any atom is -0.456 e. The van der Waals surface area contributed by atoms with E-state index in [9.17, 15) is 4.79 Å². The summed E-state index contributed by atoms with van der Waals surface area (Å²) in [6.45, 7) is 8.60. The lowest BCUT2D eigenvalue weighted by atomic mass is 9.77. The van der Waals surface area contributed by atoms with Crippen LogP contribution in [0.3, 0.4) is 0 Å². The lowest BCUT2D eigenvalue weighted by molar-refractivity contribution is 0.0224. The first-order valence-corrected chi connectivity index (χ1v) is 15.4. The Labute approximate surface area is 249 Å². The van der Waals surface area contributed by atoms with Crippen molar-refractivity contribution in [2.45, 2.75) is 64.9 Å². The van der Waals surface area contributed by atoms with Gasteiger partial charge in [-0.3, -0.25) is 0 Å². The van der Waals surface area contributed by atoms with Crippen molar-refractivity contribution in [3.05, 3.63) is 113 Å². The molecule has 0 amide bonds. The number of nitrogens with one attached hydrogen (secondary N) is 1. The third-order valence-corrected chi connectivity index (χ3v) is 8.52. The highest BCUT2D eigenvalue weighted by atomic mass is 16.6. The highest BCUT2D eigenvalue weighted by molar-refractivity contribution is 5.97. The fourth-order valence-electron chi connectivity index (χ4n) is 6.29. The van der Waals surface area contributed by atoms with Gasteiger partial charge in [0.15, 0.2) is 5.60 Å². The second-order valence-electron chi connectivity index (χ2n) is 11.5. The number of nitrogens with zero attached hydrogens (tertiary/aromatic N) is 1. The predicted molar refractivity (Wildman–Crippen MR) is 170 cm³/mol. The van der Waals surface area contributed by atoms with E-state index in [-0.39, 0.29) is 5.97 Å². The Morgan fingerprint density at radius 1 is 0.738 bits per heavy atom. The van der Waals surface area contributed by atoms with Crippen molar-refractivity contribution in [3.8, 4) is 11.5 Å². The monoisotopic (exact) mass is 560 g/mol. The van der Waals surface area contributed by atoms with Crippen LogP contribution >= 0.6 is 0 Å². The van der Waals surface area contributed by atoms with Gasteiger partial charge in [-0.15, -0.1) is 0 Å². The summed E-state index contributed by atoms with van der Waals surface area (Å²) in [5, 5.41) is 3.56. The molecule has 1 spiro atoms. The zero-order valence-electron chi connectivity index (χ0n) is 24.9. The van der Waals surface area contributed by atoms with Gasteiger partial charge in [-0.05, 0) is 67.8 Å². The first kappa shape index (κ1) is 27.9. The van der Waals surface area contributed by atoms with Crippen LogP contribution in [0.1, 0.15) is 85.0 Å². The fourth-order valence-corrected chi connectivity index (χ4v) is 6.29. The average Bonchev–Trinajstić information content (AvgIpc) is 3.30. The normalized spacial score (nSPS) is 16.3. The molecule has 5 heteroatoms. The maximum absolute atomic E-state index is 13.4. The minimum atomic E-state index is -1.09. The summed E-state index contributed by atoms with van der Waals surface area (Å²) in [6.07, 6.45) is 7.14. The number of rotatable bonds is 11. The van der Waals surface area contributed by atoms with Gasteiger partial charge in [0.2, 0.25) is 0 Å². The second kappa shape index (κ2) is 11.9. The molecule has 1 N–H and O–H groups in total. The molecule has 4 aromatic carbocycles. The van der Waals surface area contributed by atoms with Crippen molar-refractivity contribution in [2.75, 3.05) is 23.3 Å². The largest absolute Gasteiger partial charge is 0.456 e. The summed E-state index contributed by atoms with van der Waals surface area (Å²) < 4.78 is 13.2. The molecule has 2 aliphatic heterocycles. The van der Waals surface area contributed by atoms with Crippen LogP contribution < -0.4 is 15.0 Å². The van der Waals surface area contributed by atoms with E-state index in [2.05, 4.69) is 61.3 Å². The van der Waals surface area contributed by atoms with Crippen molar-refractivity contribution in [2.24, 2.45) is 0 Å². The van der Waals surface area contributed by atoms with E-state index in [1.54, 1.807) is 0 Å². The van der Waals surface area contributed by atoms with Crippen LogP contribution in [0, 0.1) is 6.92 Å². The number of hydrogen-bond donors (Lipinski definition) is 1. The highest BCUT2D eigenvalue weighted by Crippen LogP contribution is 2.57. The van der Waals surface area contributed by atoms with Gasteiger partial charge in [0.1, 0.15) is 11.5 Å². The SMILES string of the molecule is CCCCCN(CCCCC)c1ccc2c(c1)Oc1cc(C)c(Nc3ccccc3)cc1[C@]21OC(=O)c2ccccc21. The number of para-hydroxylation sites is 1. The number of unbranched alkanes of at least 4 members (excludes halogenated alkanes) is 4. The van der Waals surface area contributed by atoms with Crippen LogP contribution in [0.2, 0.25) is 0 Å². The fraction of sp³-hybridized carbons (Fsp3) is 0.324. The third-order valence-electron chi connectivity index (χ3n) is 8.52. The molecule has 2 heterocycles. The number of fused-ring (bicyclic) bond motifs is 6. The van der Waals surface area contributed by atoms with E-state index in [1.165, 1.54) is 25.7 Å². The molecule has 0 unspecified atom stereocenters. The van der Waals surface area contributed by atoms with Gasteiger partial charge in [0.25, 0.3) is 0 Å². The summed E-state index contributed by atoms with van der Waals surface area (Å²) in [7, 11) is 0. The summed E-state index contributed by atoms with van der Waals surface area (Å²) in [5.74, 6) is 1.14. The quantitative estimate of drug-likeness (QED) is 0.146. The molecule has 4 aromatic rings. The van der Waals surface area contributed by atoms with Crippen molar-refractivity contribution in [1.82, 2.24) is 0 Å². The van der Waals surface area contributed by atoms with Crippen LogP contribution in [0.15, 0.2) is 84.9 Å². The van der Waals surface area contributed by atoms with Crippen LogP contribution in [0.4, 0.5) is 17.1 Å². The van der Waals surface area contributed by atoms with Crippen LogP contribution in [-0.2, 0) is 10.3 Å². The molecule has 0 fully saturated rings. The number of benzene rings is 4. The molecular formula is C37H40N2O3. The first-order valence-electron chi connectivity index (χ1n) is 15.4. The van der Waals surface area contributed by atoms with Crippen molar-refractivity contribution in [1.29, 1.82) is 0 Å². The number of esters is 1. The van der Waals surface area contributed by atoms with Crippen molar-refractivity contribution < 1.29 is 14.3 Å². The molecule has 216 valence electrons. The number of anilines is 3. The van der Waals surface area contributed by atoms with Crippen molar-refractivity contribution in [3.63, 3.8) is 0 Å². The zero-order chi connectivity index (χ0) is 29.1. The molecule has 0 radical (unpaired) electrons. The van der Waals surface area contributed by atoms with Gasteiger partial charge in [0.05, 0.1) is 5.56 Å². The molecule has 0 aliphatic carbocycles. The summed E-state index contributed by atoms with van der Waals surface area (Å²) in [6, 6.07) is 28.4. The Kier molecular flexibility index (Phi) is 7.92. The molecular weight excluding hydrogens is 520 g/mol. The minimum absolute atomic E-state index is 0.313. The number of aryl methyl sites for hydroxylation is 1. The second-order valence-corrected chi connectivity index (χ2v) is 11.5. The number of carbonyl (C=O) groups is 1. The van der Waals surface area contributed by atoms with Crippen LogP contribution in [0.5, 0.6) is 11.5 Å². The lowest BCUT2D eigenvalue weighted by Gasteiger charge is -2.38. The molecule has 0 bridgehead atoms. The van der Waals surface area contributed by atoms with Gasteiger partial charge in [-0.25, -0.2) is 4.79 Å². The van der Waals surface area contributed by atoms with E-state index >= 15 is 0 Å². The Bertz CT molecular complexity index is 1570. The van der Waals surface area contributed by atoms with E-state index in [4.69, 9.17) is 9.47 Å². The lowest BCUT2D eigenvalue weighted by Crippen LogP contribution is -2.33. The van der Waals surface area contributed by atoms with E-state index in [1.807, 2.05) is 54.6 Å². The molecule has 0 saturated heterocycles. The van der Waals surface area contributed by atoms with E-state index < -0.39 is 5.60 Å². The maximum atomic E-state index is 13.4. The topological polar surface area (TPSA) is 50.8 Å². The standard InChI is InChI=1S/C37H40N2O3/c1-4-6-13-21-39(22-14-7-5-2)28-19-20-31-35(24-28)41-34-23-26(3)33(38-27-15-9-8-10-16-27)25-32(34)37(31)30-18-12-11-17-29(30)36(40)42-37/h8-12,15-20,23-25,38H,4-7,13-14,21-22H2,1-3H3/t37-/m1/s1. The Morgan fingerprint density at radius 2 is 1.43 bits per heavy atom. The van der Waals surface area contributed by atoms with Gasteiger partial charge >= 0.3 is 5.97 Å². The molecule has 0 saturated carbocycles. The number of hydrogen-bond acceptors (Lipinski definition) is 5. The highest BCUT2D eigenvalue weighted by Gasteiger charge is 2.53. The molecule has 0 aromatic heterocycles. The number of carbonyl (C=O) groups excluding carboxylic acids is 1. The smallest absolute Gasteiger partial charge is 0.340 e. The Balaban J connectivity index is 1.47. The molecule has 42 heavy (non-hydrogen) atoms. The Hall–Kier alpha value is -4.25. The first-order chi connectivity index (χ1) is 20.5. The summed E-state index contributed by atoms with van der Waals surface area (Å²) >= 11 is 0. The zero-order valence-corrected chi connectivity index (χ0v) is 24.9. The summed E-state index contributed by atoms with van der Waals surface area (Å²) in [4.78, 5) is 15.9. The molecule has 1 atom stereocenters. The van der Waals surface area contributed by atoms with Crippen LogP contribution in [-0.4, -0.2) is 19.1 Å². The van der Waals surface area contributed by atoms with E-state index in [0.29, 0.717) is 11.3 Å². The van der Waals surface area contributed by atoms with Gasteiger partial charge in [-0.2, -0.15) is 0 Å². The third kappa shape index (κ3) is 5.02. The molecule has 2 aliphatic rings. The maximum Gasteiger partial charge on any atom is 0.340 e. The Morgan fingerprint density at radius 3 is 2.17 bits per heavy atom. The summed E-state index contributed by atoms with van der Waals surface area (Å²) in [5.41, 5.74) is 6.17. The molecule has 6 rings (SSSR count). The average molecular weight is 561 g/mol. The van der Waals surface area contributed by atoms with Crippen molar-refractivity contribution >= 4 is 23.0 Å². The van der Waals surface area contributed by atoms with Gasteiger partial charge < -0.3 is 19.7 Å². The molecule has 5 nitrogen and oxygen atoms in total. The van der Waals surface area contributed by atoms with E-state index in [0.717, 1.165) is 71.0 Å². The predicted octanol–water partition coefficient (Wildman–Crippen LogP) is 9.49.